The number of ether oxygens (including phenoxy) is 1. The molecule has 1 aromatic heterocycles. The highest BCUT2D eigenvalue weighted by atomic mass is 35.5. The average Bonchev–Trinajstić information content (AvgIpc) is 2.31. The highest BCUT2D eigenvalue weighted by Gasteiger charge is 2.39. The van der Waals surface area contributed by atoms with Gasteiger partial charge in [-0.3, -0.25) is 4.79 Å². The third kappa shape index (κ3) is 2.69. The maximum Gasteiger partial charge on any atom is 0.266 e. The lowest BCUT2D eigenvalue weighted by Gasteiger charge is -2.40. The van der Waals surface area contributed by atoms with Crippen molar-refractivity contribution in [3.8, 4) is 0 Å². The van der Waals surface area contributed by atoms with Crippen LogP contribution in [0.2, 0.25) is 5.02 Å². The van der Waals surface area contributed by atoms with Crippen molar-refractivity contribution in [2.75, 3.05) is 19.8 Å². The van der Waals surface area contributed by atoms with E-state index in [1.54, 1.807) is 13.8 Å². The van der Waals surface area contributed by atoms with Crippen molar-refractivity contribution < 1.29 is 13.2 Å². The molecule has 0 unspecified atom stereocenters. The van der Waals surface area contributed by atoms with Gasteiger partial charge >= 0.3 is 0 Å². The van der Waals surface area contributed by atoms with Crippen LogP contribution in [0.15, 0.2) is 22.0 Å². The molecule has 1 aliphatic heterocycles. The van der Waals surface area contributed by atoms with E-state index in [9.17, 15) is 13.2 Å². The normalized spacial score (nSPS) is 20.4. The summed E-state index contributed by atoms with van der Waals surface area (Å²) in [6.45, 7) is 4.52. The van der Waals surface area contributed by atoms with E-state index in [1.807, 2.05) is 0 Å². The van der Waals surface area contributed by atoms with Crippen LogP contribution < -0.4 is 5.56 Å². The highest BCUT2D eigenvalue weighted by molar-refractivity contribution is 7.89. The van der Waals surface area contributed by atoms with Crippen molar-refractivity contribution in [1.82, 2.24) is 9.29 Å². The van der Waals surface area contributed by atoms with Gasteiger partial charge in [0, 0.05) is 12.7 Å². The lowest BCUT2D eigenvalue weighted by Crippen LogP contribution is -2.55. The zero-order valence-corrected chi connectivity index (χ0v) is 12.2. The number of hydrogen-bond acceptors (Lipinski definition) is 4. The van der Waals surface area contributed by atoms with Gasteiger partial charge in [0.1, 0.15) is 5.02 Å². The van der Waals surface area contributed by atoms with Crippen molar-refractivity contribution in [3.05, 3.63) is 27.6 Å². The van der Waals surface area contributed by atoms with Crippen molar-refractivity contribution in [3.63, 3.8) is 0 Å². The number of aromatic amines is 1. The first kappa shape index (κ1) is 14.5. The summed E-state index contributed by atoms with van der Waals surface area (Å²) in [5.74, 6) is 0. The summed E-state index contributed by atoms with van der Waals surface area (Å²) in [6.07, 6.45) is 1.16. The number of sulfonamides is 1. The average molecular weight is 307 g/mol. The van der Waals surface area contributed by atoms with Crippen LogP contribution in [0.1, 0.15) is 13.8 Å². The van der Waals surface area contributed by atoms with E-state index in [1.165, 1.54) is 10.4 Å². The van der Waals surface area contributed by atoms with E-state index >= 15 is 0 Å². The minimum absolute atomic E-state index is 0.0212. The molecule has 0 saturated carbocycles. The molecular formula is C11H15ClN2O4S. The Bertz CT molecular complexity index is 638. The Morgan fingerprint density at radius 1 is 1.47 bits per heavy atom. The molecule has 1 aromatic rings. The maximum atomic E-state index is 12.6. The van der Waals surface area contributed by atoms with Crippen LogP contribution >= 0.6 is 11.6 Å². The summed E-state index contributed by atoms with van der Waals surface area (Å²) >= 11 is 5.68. The van der Waals surface area contributed by atoms with Crippen molar-refractivity contribution in [1.29, 1.82) is 0 Å². The molecule has 2 heterocycles. The number of aromatic nitrogens is 1. The number of morpholine rings is 1. The van der Waals surface area contributed by atoms with Crippen LogP contribution in [0.25, 0.3) is 0 Å². The van der Waals surface area contributed by atoms with Crippen LogP contribution in [0.3, 0.4) is 0 Å². The second-order valence-corrected chi connectivity index (χ2v) is 7.22. The standard InChI is InChI=1S/C11H15ClN2O4S/c1-11(2)7-18-4-3-14(11)19(16,17)8-5-9(12)10(15)13-6-8/h5-6H,3-4,7H2,1-2H3,(H,13,15). The van der Waals surface area contributed by atoms with E-state index in [4.69, 9.17) is 16.3 Å². The monoisotopic (exact) mass is 306 g/mol. The molecule has 0 bridgehead atoms. The molecule has 0 amide bonds. The third-order valence-corrected chi connectivity index (χ3v) is 5.36. The number of rotatable bonds is 2. The number of hydrogen-bond donors (Lipinski definition) is 1. The number of pyridine rings is 1. The number of nitrogens with zero attached hydrogens (tertiary/aromatic N) is 1. The predicted octanol–water partition coefficient (Wildman–Crippen LogP) is 0.828. The van der Waals surface area contributed by atoms with Crippen LogP contribution in [0.4, 0.5) is 0 Å². The smallest absolute Gasteiger partial charge is 0.266 e. The van der Waals surface area contributed by atoms with Crippen molar-refractivity contribution >= 4 is 21.6 Å². The largest absolute Gasteiger partial charge is 0.378 e. The first-order chi connectivity index (χ1) is 8.75. The summed E-state index contributed by atoms with van der Waals surface area (Å²) in [5.41, 5.74) is -1.15. The Labute approximate surface area is 116 Å². The fourth-order valence-electron chi connectivity index (χ4n) is 2.00. The molecule has 0 aliphatic carbocycles. The van der Waals surface area contributed by atoms with Gasteiger partial charge in [-0.2, -0.15) is 4.31 Å². The molecule has 6 nitrogen and oxygen atoms in total. The Morgan fingerprint density at radius 2 is 2.16 bits per heavy atom. The van der Waals surface area contributed by atoms with E-state index < -0.39 is 21.1 Å². The molecule has 106 valence electrons. The first-order valence-electron chi connectivity index (χ1n) is 5.74. The van der Waals surface area contributed by atoms with Crippen LogP contribution in [0, 0.1) is 0 Å². The van der Waals surface area contributed by atoms with E-state index in [-0.39, 0.29) is 16.5 Å². The van der Waals surface area contributed by atoms with Gasteiger partial charge in [0.2, 0.25) is 10.0 Å². The molecule has 2 rings (SSSR count). The number of H-pyrrole nitrogens is 1. The minimum Gasteiger partial charge on any atom is -0.378 e. The first-order valence-corrected chi connectivity index (χ1v) is 7.56. The molecule has 8 heteroatoms. The maximum absolute atomic E-state index is 12.6. The van der Waals surface area contributed by atoms with Gasteiger partial charge in [0.15, 0.2) is 0 Å². The number of halogens is 1. The topological polar surface area (TPSA) is 79.5 Å². The van der Waals surface area contributed by atoms with Crippen molar-refractivity contribution in [2.24, 2.45) is 0 Å². The zero-order chi connectivity index (χ0) is 14.3. The predicted molar refractivity (Wildman–Crippen MR) is 70.9 cm³/mol. The van der Waals surface area contributed by atoms with Gasteiger partial charge in [0.05, 0.1) is 23.6 Å². The molecule has 0 aromatic carbocycles. The van der Waals surface area contributed by atoms with E-state index in [0.717, 1.165) is 6.20 Å². The fraction of sp³-hybridized carbons (Fsp3) is 0.545. The van der Waals surface area contributed by atoms with Gasteiger partial charge in [-0.25, -0.2) is 8.42 Å². The van der Waals surface area contributed by atoms with Gasteiger partial charge in [-0.15, -0.1) is 0 Å². The van der Waals surface area contributed by atoms with Crippen LogP contribution in [0.5, 0.6) is 0 Å². The fourth-order valence-corrected chi connectivity index (χ4v) is 3.99. The van der Waals surface area contributed by atoms with E-state index in [0.29, 0.717) is 13.2 Å². The summed E-state index contributed by atoms with van der Waals surface area (Å²) in [4.78, 5) is 13.5. The summed E-state index contributed by atoms with van der Waals surface area (Å²) in [6, 6.07) is 1.17. The molecule has 0 spiro atoms. The third-order valence-electron chi connectivity index (χ3n) is 2.99. The van der Waals surface area contributed by atoms with Crippen LogP contribution in [-0.2, 0) is 14.8 Å². The van der Waals surface area contributed by atoms with Gasteiger partial charge in [0.25, 0.3) is 5.56 Å². The summed E-state index contributed by atoms with van der Waals surface area (Å²) in [5, 5.41) is -0.146. The van der Waals surface area contributed by atoms with Gasteiger partial charge < -0.3 is 9.72 Å². The molecule has 1 fully saturated rings. The Hall–Kier alpha value is -0.890. The molecule has 1 saturated heterocycles. The SMILES string of the molecule is CC1(C)COCCN1S(=O)(=O)c1c[nH]c(=O)c(Cl)c1. The molecule has 0 radical (unpaired) electrons. The molecule has 1 aliphatic rings. The second-order valence-electron chi connectivity index (χ2n) is 4.95. The second kappa shape index (κ2) is 4.90. The molecule has 19 heavy (non-hydrogen) atoms. The summed E-state index contributed by atoms with van der Waals surface area (Å²) in [7, 11) is -3.71. The van der Waals surface area contributed by atoms with Gasteiger partial charge in [-0.1, -0.05) is 11.6 Å². The zero-order valence-electron chi connectivity index (χ0n) is 10.6. The van der Waals surface area contributed by atoms with Crippen molar-refractivity contribution in [2.45, 2.75) is 24.3 Å². The molecule has 0 atom stereocenters. The lowest BCUT2D eigenvalue weighted by molar-refractivity contribution is -0.00771. The lowest BCUT2D eigenvalue weighted by atomic mass is 10.1. The molecular weight excluding hydrogens is 292 g/mol. The Morgan fingerprint density at radius 3 is 2.74 bits per heavy atom. The quantitative estimate of drug-likeness (QED) is 0.877. The number of nitrogens with one attached hydrogen (secondary N) is 1. The van der Waals surface area contributed by atoms with Crippen LogP contribution in [-0.4, -0.2) is 43.0 Å². The Kier molecular flexibility index (Phi) is 3.74. The highest BCUT2D eigenvalue weighted by Crippen LogP contribution is 2.27. The Balaban J connectivity index is 2.46. The minimum atomic E-state index is -3.71. The summed E-state index contributed by atoms with van der Waals surface area (Å²) < 4.78 is 31.8. The molecule has 1 N–H and O–H groups in total. The van der Waals surface area contributed by atoms with Gasteiger partial charge in [-0.05, 0) is 19.9 Å². The van der Waals surface area contributed by atoms with E-state index in [2.05, 4.69) is 4.98 Å².